The minimum Gasteiger partial charge on any atom is -0.236 e. The van der Waals surface area contributed by atoms with E-state index < -0.39 is 0 Å². The highest BCUT2D eigenvalue weighted by Crippen LogP contribution is 2.39. The van der Waals surface area contributed by atoms with Gasteiger partial charge in [0.2, 0.25) is 0 Å². The minimum atomic E-state index is 0.461. The summed E-state index contributed by atoms with van der Waals surface area (Å²) in [6.07, 6.45) is 1.89. The smallest absolute Gasteiger partial charge is 0.0923 e. The topological polar surface area (TPSA) is 17.8 Å². The van der Waals surface area contributed by atoms with Crippen molar-refractivity contribution in [2.24, 2.45) is 0 Å². The first-order valence-corrected chi connectivity index (χ1v) is 8.29. The van der Waals surface area contributed by atoms with Crippen LogP contribution < -0.4 is 0 Å². The third-order valence-electron chi connectivity index (χ3n) is 2.55. The van der Waals surface area contributed by atoms with Crippen molar-refractivity contribution >= 4 is 23.5 Å². The van der Waals surface area contributed by atoms with Crippen molar-refractivity contribution in [3.8, 4) is 5.69 Å². The second-order valence-corrected chi connectivity index (χ2v) is 6.81. The summed E-state index contributed by atoms with van der Waals surface area (Å²) < 4.78 is 2.51. The van der Waals surface area contributed by atoms with E-state index in [1.54, 1.807) is 0 Å². The van der Waals surface area contributed by atoms with E-state index in [1.165, 1.54) is 5.69 Å². The van der Waals surface area contributed by atoms with E-state index in [0.717, 1.165) is 17.2 Å². The van der Waals surface area contributed by atoms with Crippen LogP contribution in [0.3, 0.4) is 0 Å². The average molecular weight is 278 g/mol. The predicted octanol–water partition coefficient (Wildman–Crippen LogP) is 4.38. The molecule has 0 fully saturated rings. The Morgan fingerprint density at radius 1 is 1.06 bits per heavy atom. The lowest BCUT2D eigenvalue weighted by Crippen LogP contribution is -2.04. The first-order valence-electron chi connectivity index (χ1n) is 6.19. The van der Waals surface area contributed by atoms with E-state index >= 15 is 0 Å². The van der Waals surface area contributed by atoms with Crippen LogP contribution in [0.4, 0.5) is 0 Å². The molecule has 0 aliphatic carbocycles. The van der Waals surface area contributed by atoms with Crippen LogP contribution in [0.5, 0.6) is 0 Å². The summed E-state index contributed by atoms with van der Waals surface area (Å²) in [5.74, 6) is 2.25. The van der Waals surface area contributed by atoms with Gasteiger partial charge < -0.3 is 0 Å². The molecule has 0 aliphatic heterocycles. The van der Waals surface area contributed by atoms with Gasteiger partial charge in [-0.1, -0.05) is 32.0 Å². The SMILES string of the molecule is CCSC(SCC)c1ccnn1-c1ccccc1. The summed E-state index contributed by atoms with van der Waals surface area (Å²) >= 11 is 3.94. The molecule has 0 unspecified atom stereocenters. The lowest BCUT2D eigenvalue weighted by molar-refractivity contribution is 0.838. The molecule has 0 aliphatic rings. The Kier molecular flexibility index (Phi) is 5.20. The molecule has 1 aromatic carbocycles. The Balaban J connectivity index is 2.31. The van der Waals surface area contributed by atoms with Crippen LogP contribution in [0.25, 0.3) is 5.69 Å². The first kappa shape index (κ1) is 13.6. The molecular formula is C14H18N2S2. The van der Waals surface area contributed by atoms with Gasteiger partial charge in [0, 0.05) is 6.20 Å². The van der Waals surface area contributed by atoms with Crippen molar-refractivity contribution in [1.82, 2.24) is 9.78 Å². The molecule has 4 heteroatoms. The van der Waals surface area contributed by atoms with Gasteiger partial charge in [-0.2, -0.15) is 5.10 Å². The largest absolute Gasteiger partial charge is 0.236 e. The van der Waals surface area contributed by atoms with Gasteiger partial charge in [0.15, 0.2) is 0 Å². The quantitative estimate of drug-likeness (QED) is 0.730. The molecule has 0 spiro atoms. The van der Waals surface area contributed by atoms with E-state index in [1.807, 2.05) is 35.8 Å². The van der Waals surface area contributed by atoms with Gasteiger partial charge in [-0.05, 0) is 29.7 Å². The summed E-state index contributed by atoms with van der Waals surface area (Å²) in [6.45, 7) is 4.41. The van der Waals surface area contributed by atoms with Crippen molar-refractivity contribution in [2.75, 3.05) is 11.5 Å². The van der Waals surface area contributed by atoms with E-state index in [-0.39, 0.29) is 0 Å². The number of para-hydroxylation sites is 1. The van der Waals surface area contributed by atoms with Gasteiger partial charge in [-0.25, -0.2) is 4.68 Å². The zero-order valence-corrected chi connectivity index (χ0v) is 12.4. The van der Waals surface area contributed by atoms with Gasteiger partial charge in [0.05, 0.1) is 16.0 Å². The Morgan fingerprint density at radius 2 is 1.72 bits per heavy atom. The molecule has 0 saturated heterocycles. The normalized spacial score (nSPS) is 11.1. The maximum absolute atomic E-state index is 4.46. The van der Waals surface area contributed by atoms with Crippen LogP contribution in [-0.2, 0) is 0 Å². The molecular weight excluding hydrogens is 260 g/mol. The Hall–Kier alpha value is -0.870. The third-order valence-corrected chi connectivity index (χ3v) is 5.12. The van der Waals surface area contributed by atoms with Gasteiger partial charge in [-0.3, -0.25) is 0 Å². The average Bonchev–Trinajstić information content (AvgIpc) is 2.88. The Labute approximate surface area is 117 Å². The zero-order chi connectivity index (χ0) is 12.8. The number of hydrogen-bond acceptors (Lipinski definition) is 3. The predicted molar refractivity (Wildman–Crippen MR) is 82.6 cm³/mol. The Bertz CT molecular complexity index is 462. The summed E-state index contributed by atoms with van der Waals surface area (Å²) in [6, 6.07) is 12.5. The fourth-order valence-corrected chi connectivity index (χ4v) is 4.30. The molecule has 2 rings (SSSR count). The fourth-order valence-electron chi connectivity index (χ4n) is 1.80. The second-order valence-electron chi connectivity index (χ2n) is 3.75. The highest BCUT2D eigenvalue weighted by atomic mass is 32.2. The number of thioether (sulfide) groups is 2. The van der Waals surface area contributed by atoms with Crippen LogP contribution in [0.2, 0.25) is 0 Å². The zero-order valence-electron chi connectivity index (χ0n) is 10.7. The molecule has 96 valence electrons. The molecule has 0 atom stereocenters. The first-order chi connectivity index (χ1) is 8.86. The maximum atomic E-state index is 4.46. The van der Waals surface area contributed by atoms with Crippen LogP contribution >= 0.6 is 23.5 Å². The second kappa shape index (κ2) is 6.90. The number of aromatic nitrogens is 2. The van der Waals surface area contributed by atoms with Gasteiger partial charge >= 0.3 is 0 Å². The summed E-state index contributed by atoms with van der Waals surface area (Å²) in [5, 5.41) is 4.46. The van der Waals surface area contributed by atoms with E-state index in [4.69, 9.17) is 0 Å². The van der Waals surface area contributed by atoms with E-state index in [9.17, 15) is 0 Å². The van der Waals surface area contributed by atoms with Gasteiger partial charge in [-0.15, -0.1) is 23.5 Å². The third kappa shape index (κ3) is 3.12. The van der Waals surface area contributed by atoms with Gasteiger partial charge in [0.1, 0.15) is 0 Å². The van der Waals surface area contributed by atoms with Crippen LogP contribution in [0.15, 0.2) is 42.6 Å². The lowest BCUT2D eigenvalue weighted by Gasteiger charge is -2.16. The number of hydrogen-bond donors (Lipinski definition) is 0. The molecule has 0 saturated carbocycles. The molecule has 0 bridgehead atoms. The van der Waals surface area contributed by atoms with E-state index in [0.29, 0.717) is 4.58 Å². The monoisotopic (exact) mass is 278 g/mol. The molecule has 1 heterocycles. The summed E-state index contributed by atoms with van der Waals surface area (Å²) in [4.78, 5) is 0. The summed E-state index contributed by atoms with van der Waals surface area (Å²) in [7, 11) is 0. The number of rotatable bonds is 6. The summed E-state index contributed by atoms with van der Waals surface area (Å²) in [5.41, 5.74) is 2.41. The molecule has 2 aromatic rings. The molecule has 0 amide bonds. The van der Waals surface area contributed by atoms with Crippen molar-refractivity contribution in [3.05, 3.63) is 48.3 Å². The molecule has 18 heavy (non-hydrogen) atoms. The Morgan fingerprint density at radius 3 is 2.33 bits per heavy atom. The van der Waals surface area contributed by atoms with Gasteiger partial charge in [0.25, 0.3) is 0 Å². The lowest BCUT2D eigenvalue weighted by atomic mass is 10.3. The van der Waals surface area contributed by atoms with E-state index in [2.05, 4.69) is 54.0 Å². The highest BCUT2D eigenvalue weighted by Gasteiger charge is 2.16. The van der Waals surface area contributed by atoms with Crippen molar-refractivity contribution in [2.45, 2.75) is 18.4 Å². The minimum absolute atomic E-state index is 0.461. The molecule has 0 N–H and O–H groups in total. The van der Waals surface area contributed by atoms with Crippen molar-refractivity contribution < 1.29 is 0 Å². The van der Waals surface area contributed by atoms with Crippen LogP contribution in [0.1, 0.15) is 24.1 Å². The number of nitrogens with zero attached hydrogens (tertiary/aromatic N) is 2. The molecule has 2 nitrogen and oxygen atoms in total. The maximum Gasteiger partial charge on any atom is 0.0923 e. The van der Waals surface area contributed by atoms with Crippen molar-refractivity contribution in [3.63, 3.8) is 0 Å². The van der Waals surface area contributed by atoms with Crippen molar-refractivity contribution in [1.29, 1.82) is 0 Å². The standard InChI is InChI=1S/C14H18N2S2/c1-3-17-14(18-4-2)13-10-11-15-16(13)12-8-6-5-7-9-12/h5-11,14H,3-4H2,1-2H3. The molecule has 0 radical (unpaired) electrons. The van der Waals surface area contributed by atoms with Crippen LogP contribution in [0, 0.1) is 0 Å². The fraction of sp³-hybridized carbons (Fsp3) is 0.357. The van der Waals surface area contributed by atoms with Crippen LogP contribution in [-0.4, -0.2) is 21.3 Å². The highest BCUT2D eigenvalue weighted by molar-refractivity contribution is 8.16. The number of benzene rings is 1. The molecule has 1 aromatic heterocycles.